The molecular formula is C21H36N6. The van der Waals surface area contributed by atoms with E-state index in [0.717, 1.165) is 49.9 Å². The summed E-state index contributed by atoms with van der Waals surface area (Å²) < 4.78 is 2.09. The first-order valence-electron chi connectivity index (χ1n) is 10.1. The molecule has 6 nitrogen and oxygen atoms in total. The van der Waals surface area contributed by atoms with Gasteiger partial charge < -0.3 is 15.0 Å². The minimum atomic E-state index is 0.536. The van der Waals surface area contributed by atoms with Crippen LogP contribution in [0.2, 0.25) is 0 Å². The van der Waals surface area contributed by atoms with Crippen LogP contribution in [-0.2, 0) is 6.42 Å². The van der Waals surface area contributed by atoms with E-state index in [2.05, 4.69) is 79.8 Å². The maximum absolute atomic E-state index is 4.74. The molecule has 6 heteroatoms. The van der Waals surface area contributed by atoms with Gasteiger partial charge in [0.15, 0.2) is 5.96 Å². The van der Waals surface area contributed by atoms with Gasteiger partial charge >= 0.3 is 0 Å². The Morgan fingerprint density at radius 2 is 1.96 bits per heavy atom. The van der Waals surface area contributed by atoms with Crippen LogP contribution in [0.3, 0.4) is 0 Å². The molecule has 0 fully saturated rings. The molecule has 0 spiro atoms. The van der Waals surface area contributed by atoms with Crippen molar-refractivity contribution in [2.45, 2.75) is 60.0 Å². The SMILES string of the molecule is CCNC(=NCCN(C(C)C)C(C)C)NCCc1cn2cccc(C)c2n1. The number of pyridine rings is 1. The third-order valence-corrected chi connectivity index (χ3v) is 4.70. The van der Waals surface area contributed by atoms with Gasteiger partial charge in [0.1, 0.15) is 5.65 Å². The van der Waals surface area contributed by atoms with Gasteiger partial charge in [-0.1, -0.05) is 6.07 Å². The highest BCUT2D eigenvalue weighted by molar-refractivity contribution is 5.79. The molecule has 0 bridgehead atoms. The molecule has 0 aliphatic carbocycles. The van der Waals surface area contributed by atoms with Gasteiger partial charge in [0, 0.05) is 50.5 Å². The number of nitrogens with one attached hydrogen (secondary N) is 2. The second-order valence-corrected chi connectivity index (χ2v) is 7.52. The number of hydrogen-bond acceptors (Lipinski definition) is 3. The van der Waals surface area contributed by atoms with Gasteiger partial charge in [0.05, 0.1) is 12.2 Å². The summed E-state index contributed by atoms with van der Waals surface area (Å²) in [5.74, 6) is 0.880. The number of aryl methyl sites for hydroxylation is 1. The Kier molecular flexibility index (Phi) is 8.10. The summed E-state index contributed by atoms with van der Waals surface area (Å²) in [5.41, 5.74) is 3.33. The van der Waals surface area contributed by atoms with Crippen molar-refractivity contribution in [1.82, 2.24) is 24.9 Å². The van der Waals surface area contributed by atoms with E-state index >= 15 is 0 Å². The third kappa shape index (κ3) is 6.24. The Labute approximate surface area is 164 Å². The van der Waals surface area contributed by atoms with Gasteiger partial charge in [-0.3, -0.25) is 9.89 Å². The molecule has 0 atom stereocenters. The van der Waals surface area contributed by atoms with Crippen LogP contribution >= 0.6 is 0 Å². The summed E-state index contributed by atoms with van der Waals surface area (Å²) in [6, 6.07) is 5.22. The van der Waals surface area contributed by atoms with Gasteiger partial charge in [0.25, 0.3) is 0 Å². The van der Waals surface area contributed by atoms with Crippen LogP contribution in [0.1, 0.15) is 45.9 Å². The molecule has 27 heavy (non-hydrogen) atoms. The van der Waals surface area contributed by atoms with Crippen molar-refractivity contribution in [2.24, 2.45) is 4.99 Å². The van der Waals surface area contributed by atoms with Crippen molar-refractivity contribution in [2.75, 3.05) is 26.2 Å². The molecular weight excluding hydrogens is 336 g/mol. The molecule has 2 aromatic rings. The van der Waals surface area contributed by atoms with E-state index < -0.39 is 0 Å². The third-order valence-electron chi connectivity index (χ3n) is 4.70. The Balaban J connectivity index is 1.88. The van der Waals surface area contributed by atoms with Crippen molar-refractivity contribution in [3.63, 3.8) is 0 Å². The lowest BCUT2D eigenvalue weighted by Gasteiger charge is -2.29. The Morgan fingerprint density at radius 1 is 1.22 bits per heavy atom. The molecule has 0 aromatic carbocycles. The normalized spacial score (nSPS) is 12.6. The summed E-state index contributed by atoms with van der Waals surface area (Å²) in [6.45, 7) is 16.6. The van der Waals surface area contributed by atoms with E-state index in [-0.39, 0.29) is 0 Å². The van der Waals surface area contributed by atoms with Crippen molar-refractivity contribution >= 4 is 11.6 Å². The standard InChI is InChI=1S/C21H36N6/c1-7-22-21(24-12-14-27(16(2)3)17(4)5)23-11-10-19-15-26-13-8-9-18(6)20(26)25-19/h8-9,13,15-17H,7,10-12,14H2,1-6H3,(H2,22,23,24). The zero-order chi connectivity index (χ0) is 19.8. The lowest BCUT2D eigenvalue weighted by molar-refractivity contribution is 0.181. The summed E-state index contributed by atoms with van der Waals surface area (Å²) in [6.07, 6.45) is 5.03. The average Bonchev–Trinajstić information content (AvgIpc) is 3.02. The van der Waals surface area contributed by atoms with E-state index in [4.69, 9.17) is 9.98 Å². The van der Waals surface area contributed by atoms with Crippen LogP contribution in [0.25, 0.3) is 5.65 Å². The minimum Gasteiger partial charge on any atom is -0.357 e. The van der Waals surface area contributed by atoms with E-state index in [1.165, 1.54) is 5.56 Å². The second-order valence-electron chi connectivity index (χ2n) is 7.52. The van der Waals surface area contributed by atoms with E-state index in [1.807, 2.05) is 6.20 Å². The highest BCUT2D eigenvalue weighted by Crippen LogP contribution is 2.10. The first-order chi connectivity index (χ1) is 12.9. The number of guanidine groups is 1. The van der Waals surface area contributed by atoms with Crippen molar-refractivity contribution in [1.29, 1.82) is 0 Å². The van der Waals surface area contributed by atoms with E-state index in [1.54, 1.807) is 0 Å². The Morgan fingerprint density at radius 3 is 2.59 bits per heavy atom. The Bertz CT molecular complexity index is 723. The molecule has 2 N–H and O–H groups in total. The fourth-order valence-corrected chi connectivity index (χ4v) is 3.37. The highest BCUT2D eigenvalue weighted by atomic mass is 15.2. The molecule has 0 saturated heterocycles. The zero-order valence-electron chi connectivity index (χ0n) is 17.8. The predicted octanol–water partition coefficient (Wildman–Crippen LogP) is 2.86. The number of fused-ring (bicyclic) bond motifs is 1. The zero-order valence-corrected chi connectivity index (χ0v) is 17.8. The van der Waals surface area contributed by atoms with Crippen molar-refractivity contribution in [3.05, 3.63) is 35.8 Å². The van der Waals surface area contributed by atoms with Crippen LogP contribution in [0.4, 0.5) is 0 Å². The molecule has 2 rings (SSSR count). The van der Waals surface area contributed by atoms with Gasteiger partial charge in [-0.05, 0) is 53.2 Å². The van der Waals surface area contributed by atoms with Gasteiger partial charge in [-0.15, -0.1) is 0 Å². The van der Waals surface area contributed by atoms with Gasteiger partial charge in [-0.2, -0.15) is 0 Å². The molecule has 0 saturated carbocycles. The fourth-order valence-electron chi connectivity index (χ4n) is 3.37. The summed E-state index contributed by atoms with van der Waals surface area (Å²) in [7, 11) is 0. The van der Waals surface area contributed by atoms with E-state index in [9.17, 15) is 0 Å². The van der Waals surface area contributed by atoms with Crippen LogP contribution in [0.5, 0.6) is 0 Å². The summed E-state index contributed by atoms with van der Waals surface area (Å²) in [5, 5.41) is 6.76. The average molecular weight is 373 g/mol. The molecule has 2 heterocycles. The van der Waals surface area contributed by atoms with Crippen LogP contribution in [0, 0.1) is 6.92 Å². The minimum absolute atomic E-state index is 0.536. The smallest absolute Gasteiger partial charge is 0.191 e. The molecule has 0 unspecified atom stereocenters. The van der Waals surface area contributed by atoms with Crippen molar-refractivity contribution in [3.8, 4) is 0 Å². The number of rotatable bonds is 9. The first-order valence-corrected chi connectivity index (χ1v) is 10.1. The molecule has 0 aliphatic rings. The van der Waals surface area contributed by atoms with E-state index in [0.29, 0.717) is 12.1 Å². The maximum atomic E-state index is 4.74. The summed E-state index contributed by atoms with van der Waals surface area (Å²) >= 11 is 0. The van der Waals surface area contributed by atoms with Crippen molar-refractivity contribution < 1.29 is 0 Å². The fraction of sp³-hybridized carbons (Fsp3) is 0.619. The molecule has 2 aromatic heterocycles. The first kappa shape index (κ1) is 21.2. The van der Waals surface area contributed by atoms with Crippen LogP contribution in [-0.4, -0.2) is 58.5 Å². The number of aromatic nitrogens is 2. The monoisotopic (exact) mass is 372 g/mol. The molecule has 0 radical (unpaired) electrons. The molecule has 0 amide bonds. The quantitative estimate of drug-likeness (QED) is 0.525. The number of aliphatic imine (C=N–C) groups is 1. The summed E-state index contributed by atoms with van der Waals surface area (Å²) in [4.78, 5) is 11.9. The molecule has 0 aliphatic heterocycles. The lowest BCUT2D eigenvalue weighted by Crippen LogP contribution is -2.41. The number of imidazole rings is 1. The highest BCUT2D eigenvalue weighted by Gasteiger charge is 2.12. The van der Waals surface area contributed by atoms with Crippen LogP contribution < -0.4 is 10.6 Å². The predicted molar refractivity (Wildman–Crippen MR) is 115 cm³/mol. The van der Waals surface area contributed by atoms with Gasteiger partial charge in [-0.25, -0.2) is 4.98 Å². The molecule has 150 valence electrons. The topological polar surface area (TPSA) is 57.0 Å². The number of nitrogens with zero attached hydrogens (tertiary/aromatic N) is 4. The largest absolute Gasteiger partial charge is 0.357 e. The van der Waals surface area contributed by atoms with Crippen LogP contribution in [0.15, 0.2) is 29.5 Å². The maximum Gasteiger partial charge on any atom is 0.191 e. The Hall–Kier alpha value is -2.08. The second kappa shape index (κ2) is 10.3. The van der Waals surface area contributed by atoms with Gasteiger partial charge in [0.2, 0.25) is 0 Å². The lowest BCUT2D eigenvalue weighted by atomic mass is 10.2. The number of hydrogen-bond donors (Lipinski definition) is 2.